The fourth-order valence-electron chi connectivity index (χ4n) is 3.48. The SMILES string of the molecule is CC(C)[C@H](NC(=O)[C@@H](N)CS)C(=O)N1Cc2ccccc2CC1C(=O)N[C@H](CO)C(=O)O. The first kappa shape index (κ1) is 25.6. The molecule has 0 spiro atoms. The Labute approximate surface area is 191 Å². The Morgan fingerprint density at radius 1 is 1.19 bits per heavy atom. The van der Waals surface area contributed by atoms with Gasteiger partial charge in [-0.25, -0.2) is 4.79 Å². The lowest BCUT2D eigenvalue weighted by Crippen LogP contribution is -2.61. The molecule has 0 fully saturated rings. The van der Waals surface area contributed by atoms with E-state index in [4.69, 9.17) is 10.8 Å². The van der Waals surface area contributed by atoms with Crippen LogP contribution in [0.5, 0.6) is 0 Å². The van der Waals surface area contributed by atoms with E-state index in [0.717, 1.165) is 11.1 Å². The molecule has 11 heteroatoms. The van der Waals surface area contributed by atoms with Crippen molar-refractivity contribution in [2.75, 3.05) is 12.4 Å². The number of nitrogens with one attached hydrogen (secondary N) is 2. The van der Waals surface area contributed by atoms with Gasteiger partial charge in [0.05, 0.1) is 12.6 Å². The third-order valence-corrected chi connectivity index (χ3v) is 5.79. The summed E-state index contributed by atoms with van der Waals surface area (Å²) in [7, 11) is 0. The van der Waals surface area contributed by atoms with E-state index >= 15 is 0 Å². The lowest BCUT2D eigenvalue weighted by atomic mass is 9.91. The molecule has 1 aromatic rings. The van der Waals surface area contributed by atoms with Gasteiger partial charge in [0.25, 0.3) is 0 Å². The van der Waals surface area contributed by atoms with Crippen molar-refractivity contribution in [3.8, 4) is 0 Å². The van der Waals surface area contributed by atoms with Gasteiger partial charge in [0.2, 0.25) is 17.7 Å². The number of aliphatic hydroxyl groups is 1. The minimum absolute atomic E-state index is 0.102. The molecule has 0 bridgehead atoms. The first-order chi connectivity index (χ1) is 15.1. The molecule has 176 valence electrons. The van der Waals surface area contributed by atoms with Gasteiger partial charge in [-0.3, -0.25) is 14.4 Å². The van der Waals surface area contributed by atoms with E-state index < -0.39 is 54.5 Å². The zero-order chi connectivity index (χ0) is 24.0. The Bertz CT molecular complexity index is 864. The number of hydrogen-bond donors (Lipinski definition) is 6. The molecule has 1 heterocycles. The summed E-state index contributed by atoms with van der Waals surface area (Å²) in [6.45, 7) is 2.84. The van der Waals surface area contributed by atoms with Crippen LogP contribution in [0.25, 0.3) is 0 Å². The van der Waals surface area contributed by atoms with E-state index in [1.807, 2.05) is 24.3 Å². The summed E-state index contributed by atoms with van der Waals surface area (Å²) in [4.78, 5) is 51.4. The predicted molar refractivity (Wildman–Crippen MR) is 120 cm³/mol. The van der Waals surface area contributed by atoms with E-state index in [1.54, 1.807) is 13.8 Å². The molecule has 1 aliphatic heterocycles. The van der Waals surface area contributed by atoms with Crippen molar-refractivity contribution in [1.82, 2.24) is 15.5 Å². The highest BCUT2D eigenvalue weighted by Crippen LogP contribution is 2.25. The maximum Gasteiger partial charge on any atom is 0.328 e. The summed E-state index contributed by atoms with van der Waals surface area (Å²) >= 11 is 4.01. The number of benzene rings is 1. The summed E-state index contributed by atoms with van der Waals surface area (Å²) < 4.78 is 0. The second-order valence-corrected chi connectivity index (χ2v) is 8.42. The average Bonchev–Trinajstić information content (AvgIpc) is 2.78. The van der Waals surface area contributed by atoms with Crippen molar-refractivity contribution in [3.05, 3.63) is 35.4 Å². The van der Waals surface area contributed by atoms with E-state index in [1.165, 1.54) is 4.90 Å². The number of carboxylic acid groups (broad SMARTS) is 1. The van der Waals surface area contributed by atoms with E-state index in [9.17, 15) is 24.3 Å². The van der Waals surface area contributed by atoms with Gasteiger partial charge in [0.15, 0.2) is 0 Å². The Kier molecular flexibility index (Phi) is 9.05. The number of nitrogens with two attached hydrogens (primary N) is 1. The van der Waals surface area contributed by atoms with Crippen LogP contribution in [0.15, 0.2) is 24.3 Å². The van der Waals surface area contributed by atoms with Crippen molar-refractivity contribution in [3.63, 3.8) is 0 Å². The van der Waals surface area contributed by atoms with Crippen LogP contribution < -0.4 is 16.4 Å². The van der Waals surface area contributed by atoms with Crippen LogP contribution in [0.2, 0.25) is 0 Å². The number of carbonyl (C=O) groups excluding carboxylic acids is 3. The number of aliphatic hydroxyl groups excluding tert-OH is 1. The lowest BCUT2D eigenvalue weighted by Gasteiger charge is -2.39. The highest BCUT2D eigenvalue weighted by molar-refractivity contribution is 7.80. The second kappa shape index (κ2) is 11.3. The van der Waals surface area contributed by atoms with Gasteiger partial charge >= 0.3 is 5.97 Å². The molecular formula is C21H30N4O6S. The summed E-state index contributed by atoms with van der Waals surface area (Å²) in [6.07, 6.45) is 0.167. The Hall–Kier alpha value is -2.63. The zero-order valence-corrected chi connectivity index (χ0v) is 18.9. The fraction of sp³-hybridized carbons (Fsp3) is 0.524. The molecular weight excluding hydrogens is 436 g/mol. The Morgan fingerprint density at radius 2 is 1.81 bits per heavy atom. The molecule has 2 rings (SSSR count). The maximum absolute atomic E-state index is 13.5. The molecule has 3 amide bonds. The molecule has 0 saturated heterocycles. The number of amides is 3. The molecule has 10 nitrogen and oxygen atoms in total. The molecule has 1 unspecified atom stereocenters. The zero-order valence-electron chi connectivity index (χ0n) is 18.0. The van der Waals surface area contributed by atoms with Gasteiger partial charge in [0, 0.05) is 18.7 Å². The van der Waals surface area contributed by atoms with Crippen molar-refractivity contribution in [2.24, 2.45) is 11.7 Å². The lowest BCUT2D eigenvalue weighted by molar-refractivity contribution is -0.148. The molecule has 6 N–H and O–H groups in total. The fourth-order valence-corrected chi connectivity index (χ4v) is 3.64. The molecule has 0 aromatic heterocycles. The number of thiol groups is 1. The average molecular weight is 467 g/mol. The summed E-state index contributed by atoms with van der Waals surface area (Å²) in [5.74, 6) is -3.30. The Morgan fingerprint density at radius 3 is 2.34 bits per heavy atom. The van der Waals surface area contributed by atoms with Crippen molar-refractivity contribution >= 4 is 36.3 Å². The van der Waals surface area contributed by atoms with Crippen LogP contribution in [-0.2, 0) is 32.1 Å². The summed E-state index contributed by atoms with van der Waals surface area (Å²) in [5, 5.41) is 23.4. The highest BCUT2D eigenvalue weighted by atomic mass is 32.1. The second-order valence-electron chi connectivity index (χ2n) is 8.06. The number of carbonyl (C=O) groups is 4. The van der Waals surface area contributed by atoms with E-state index in [2.05, 4.69) is 23.3 Å². The van der Waals surface area contributed by atoms with Crippen LogP contribution in [0.1, 0.15) is 25.0 Å². The third kappa shape index (κ3) is 5.99. The van der Waals surface area contributed by atoms with Crippen molar-refractivity contribution in [2.45, 2.75) is 51.0 Å². The van der Waals surface area contributed by atoms with Crippen LogP contribution >= 0.6 is 12.6 Å². The quantitative estimate of drug-likeness (QED) is 0.252. The van der Waals surface area contributed by atoms with Crippen molar-refractivity contribution < 1.29 is 29.4 Å². The number of hydrogen-bond acceptors (Lipinski definition) is 7. The first-order valence-corrected chi connectivity index (χ1v) is 10.9. The molecule has 0 aliphatic carbocycles. The molecule has 32 heavy (non-hydrogen) atoms. The standard InChI is InChI=1S/C21H30N4O6S/c1-11(2)17(24-18(27)14(22)10-32)20(29)25-8-13-6-4-3-5-12(13)7-16(25)19(28)23-15(9-26)21(30)31/h3-6,11,14-17,26,32H,7-10,22H2,1-2H3,(H,23,28)(H,24,27)(H,30,31)/t14-,15+,16?,17-/m0/s1. The number of rotatable bonds is 9. The maximum atomic E-state index is 13.5. The molecule has 0 saturated carbocycles. The number of aliphatic carboxylic acids is 1. The first-order valence-electron chi connectivity index (χ1n) is 10.3. The smallest absolute Gasteiger partial charge is 0.328 e. The van der Waals surface area contributed by atoms with Gasteiger partial charge in [0.1, 0.15) is 18.1 Å². The summed E-state index contributed by atoms with van der Waals surface area (Å²) in [6, 6.07) is 2.98. The van der Waals surface area contributed by atoms with Crippen LogP contribution in [-0.4, -0.2) is 75.3 Å². The van der Waals surface area contributed by atoms with Crippen LogP contribution in [0.3, 0.4) is 0 Å². The highest BCUT2D eigenvalue weighted by Gasteiger charge is 2.40. The summed E-state index contributed by atoms with van der Waals surface area (Å²) in [5.41, 5.74) is 7.43. The van der Waals surface area contributed by atoms with E-state index in [-0.39, 0.29) is 24.6 Å². The molecule has 1 aromatic carbocycles. The van der Waals surface area contributed by atoms with Gasteiger partial charge in [-0.2, -0.15) is 12.6 Å². The topological polar surface area (TPSA) is 162 Å². The monoisotopic (exact) mass is 466 g/mol. The molecule has 1 aliphatic rings. The number of carboxylic acids is 1. The third-order valence-electron chi connectivity index (χ3n) is 5.40. The minimum atomic E-state index is -1.49. The number of nitrogens with zero attached hydrogens (tertiary/aromatic N) is 1. The largest absolute Gasteiger partial charge is 0.480 e. The number of fused-ring (bicyclic) bond motifs is 1. The molecule has 0 radical (unpaired) electrons. The van der Waals surface area contributed by atoms with Crippen LogP contribution in [0.4, 0.5) is 0 Å². The van der Waals surface area contributed by atoms with Gasteiger partial charge in [-0.05, 0) is 17.0 Å². The van der Waals surface area contributed by atoms with Crippen molar-refractivity contribution in [1.29, 1.82) is 0 Å². The predicted octanol–water partition coefficient (Wildman–Crippen LogP) is -1.10. The minimum Gasteiger partial charge on any atom is -0.480 e. The van der Waals surface area contributed by atoms with E-state index in [0.29, 0.717) is 0 Å². The Balaban J connectivity index is 2.36. The molecule has 4 atom stereocenters. The van der Waals surface area contributed by atoms with Gasteiger partial charge < -0.3 is 31.5 Å². The van der Waals surface area contributed by atoms with Gasteiger partial charge in [-0.15, -0.1) is 0 Å². The van der Waals surface area contributed by atoms with Gasteiger partial charge in [-0.1, -0.05) is 38.1 Å². The normalized spacial score (nSPS) is 18.3. The van der Waals surface area contributed by atoms with Crippen LogP contribution in [0, 0.1) is 5.92 Å².